The highest BCUT2D eigenvalue weighted by Gasteiger charge is 2.35. The highest BCUT2D eigenvalue weighted by molar-refractivity contribution is 5.95. The van der Waals surface area contributed by atoms with Crippen molar-refractivity contribution in [1.82, 2.24) is 4.90 Å². The Morgan fingerprint density at radius 3 is 2.11 bits per heavy atom. The second kappa shape index (κ2) is 12.8. The molecule has 0 atom stereocenters. The van der Waals surface area contributed by atoms with E-state index in [2.05, 4.69) is 21.9 Å². The summed E-state index contributed by atoms with van der Waals surface area (Å²) >= 11 is 0. The van der Waals surface area contributed by atoms with Gasteiger partial charge in [0.1, 0.15) is 5.84 Å². The molecule has 1 amide bonds. The molecule has 7 nitrogen and oxygen atoms in total. The lowest BCUT2D eigenvalue weighted by atomic mass is 9.84. The lowest BCUT2D eigenvalue weighted by molar-refractivity contribution is -0.147. The quantitative estimate of drug-likeness (QED) is 0.326. The standard InChI is InChI=1S/C28H36N4O3.ClH/c1-35-28(34)23-9-13-25(14-10-23)32(19-20-5-3-2-4-6-20)27(33)22-15-17-31(18-16-22)24-11-7-21(8-12-24)26(29)30;/h2-8,11-12,22-23,25H,9-10,13-19H2,1H3,(H3,29,30);1H. The number of hydrogen-bond acceptors (Lipinski definition) is 5. The fourth-order valence-corrected chi connectivity index (χ4v) is 5.43. The third-order valence-electron chi connectivity index (χ3n) is 7.54. The molecule has 0 bridgehead atoms. The van der Waals surface area contributed by atoms with Gasteiger partial charge >= 0.3 is 5.97 Å². The number of carbonyl (C=O) groups excluding carboxylic acids is 2. The highest BCUT2D eigenvalue weighted by atomic mass is 35.5. The van der Waals surface area contributed by atoms with E-state index in [0.29, 0.717) is 6.54 Å². The molecule has 0 radical (unpaired) electrons. The molecule has 2 aromatic carbocycles. The first kappa shape index (κ1) is 27.5. The Balaban J connectivity index is 0.00000361. The van der Waals surface area contributed by atoms with Gasteiger partial charge in [-0.2, -0.15) is 0 Å². The second-order valence-electron chi connectivity index (χ2n) is 9.70. The Kier molecular flexibility index (Phi) is 9.76. The molecule has 1 heterocycles. The number of rotatable bonds is 7. The number of amidine groups is 1. The Bertz CT molecular complexity index is 1010. The van der Waals surface area contributed by atoms with Crippen LogP contribution in [0.1, 0.15) is 49.7 Å². The molecule has 3 N–H and O–H groups in total. The van der Waals surface area contributed by atoms with E-state index in [1.807, 2.05) is 42.5 Å². The topological polar surface area (TPSA) is 99.7 Å². The molecule has 0 spiro atoms. The zero-order valence-corrected chi connectivity index (χ0v) is 21.7. The fraction of sp³-hybridized carbons (Fsp3) is 0.464. The van der Waals surface area contributed by atoms with Crippen LogP contribution in [0, 0.1) is 17.2 Å². The molecular formula is C28H37ClN4O3. The van der Waals surface area contributed by atoms with Crippen molar-refractivity contribution in [2.75, 3.05) is 25.1 Å². The van der Waals surface area contributed by atoms with Crippen LogP contribution in [-0.4, -0.2) is 48.9 Å². The maximum Gasteiger partial charge on any atom is 0.308 e. The van der Waals surface area contributed by atoms with Gasteiger partial charge in [0.15, 0.2) is 0 Å². The van der Waals surface area contributed by atoms with Crippen molar-refractivity contribution in [1.29, 1.82) is 5.41 Å². The molecule has 2 aliphatic rings. The average Bonchev–Trinajstić information content (AvgIpc) is 2.92. The van der Waals surface area contributed by atoms with E-state index in [-0.39, 0.29) is 48.0 Å². The van der Waals surface area contributed by atoms with Gasteiger partial charge in [-0.15, -0.1) is 12.4 Å². The maximum absolute atomic E-state index is 13.8. The van der Waals surface area contributed by atoms with E-state index in [1.54, 1.807) is 0 Å². The summed E-state index contributed by atoms with van der Waals surface area (Å²) in [5, 5.41) is 7.57. The molecule has 0 unspecified atom stereocenters. The molecule has 2 fully saturated rings. The van der Waals surface area contributed by atoms with Crippen molar-refractivity contribution >= 4 is 35.8 Å². The lowest BCUT2D eigenvalue weighted by Crippen LogP contribution is -2.47. The molecule has 36 heavy (non-hydrogen) atoms. The van der Waals surface area contributed by atoms with Crippen LogP contribution in [0.15, 0.2) is 54.6 Å². The van der Waals surface area contributed by atoms with Gasteiger partial charge in [0.05, 0.1) is 13.0 Å². The number of nitrogens with one attached hydrogen (secondary N) is 1. The molecule has 1 saturated carbocycles. The summed E-state index contributed by atoms with van der Waals surface area (Å²) in [5.41, 5.74) is 8.53. The number of ether oxygens (including phenoxy) is 1. The first-order chi connectivity index (χ1) is 17.0. The smallest absolute Gasteiger partial charge is 0.308 e. The minimum Gasteiger partial charge on any atom is -0.469 e. The number of nitrogen functional groups attached to an aromatic ring is 1. The average molecular weight is 513 g/mol. The monoisotopic (exact) mass is 512 g/mol. The summed E-state index contributed by atoms with van der Waals surface area (Å²) < 4.78 is 4.95. The zero-order chi connectivity index (χ0) is 24.8. The molecule has 8 heteroatoms. The van der Waals surface area contributed by atoms with Gasteiger partial charge in [0.2, 0.25) is 5.91 Å². The van der Waals surface area contributed by atoms with Crippen LogP contribution in [0.4, 0.5) is 5.69 Å². The molecule has 4 rings (SSSR count). The summed E-state index contributed by atoms with van der Waals surface area (Å²) in [7, 11) is 1.45. The first-order valence-electron chi connectivity index (χ1n) is 12.6. The molecule has 0 aromatic heterocycles. The van der Waals surface area contributed by atoms with Crippen molar-refractivity contribution in [3.63, 3.8) is 0 Å². The largest absolute Gasteiger partial charge is 0.469 e. The number of amides is 1. The van der Waals surface area contributed by atoms with Crippen LogP contribution in [0.25, 0.3) is 0 Å². The van der Waals surface area contributed by atoms with Gasteiger partial charge in [-0.1, -0.05) is 30.3 Å². The van der Waals surface area contributed by atoms with E-state index < -0.39 is 0 Å². The third kappa shape index (κ3) is 6.58. The number of carbonyl (C=O) groups is 2. The third-order valence-corrected chi connectivity index (χ3v) is 7.54. The number of halogens is 1. The summed E-state index contributed by atoms with van der Waals surface area (Å²) in [4.78, 5) is 30.2. The number of nitrogens with two attached hydrogens (primary N) is 1. The van der Waals surface area contributed by atoms with Crippen LogP contribution in [0.3, 0.4) is 0 Å². The minimum atomic E-state index is -0.131. The number of piperidine rings is 1. The summed E-state index contributed by atoms with van der Waals surface area (Å²) in [5.74, 6) is 0.127. The summed E-state index contributed by atoms with van der Waals surface area (Å²) in [6, 6.07) is 18.1. The van der Waals surface area contributed by atoms with E-state index in [9.17, 15) is 9.59 Å². The fourth-order valence-electron chi connectivity index (χ4n) is 5.43. The number of benzene rings is 2. The maximum atomic E-state index is 13.8. The molecule has 2 aromatic rings. The number of anilines is 1. The highest BCUT2D eigenvalue weighted by Crippen LogP contribution is 2.32. The number of esters is 1. The molecule has 1 aliphatic carbocycles. The number of hydrogen-bond donors (Lipinski definition) is 2. The second-order valence-corrected chi connectivity index (χ2v) is 9.70. The predicted molar refractivity (Wildman–Crippen MR) is 144 cm³/mol. The Labute approximate surface area is 219 Å². The van der Waals surface area contributed by atoms with E-state index in [1.165, 1.54) is 7.11 Å². The Hall–Kier alpha value is -3.06. The van der Waals surface area contributed by atoms with Gasteiger partial charge in [-0.3, -0.25) is 15.0 Å². The van der Waals surface area contributed by atoms with E-state index >= 15 is 0 Å². The number of methoxy groups -OCH3 is 1. The van der Waals surface area contributed by atoms with Gasteiger partial charge in [-0.25, -0.2) is 0 Å². The zero-order valence-electron chi connectivity index (χ0n) is 20.9. The normalized spacial score (nSPS) is 20.2. The van der Waals surface area contributed by atoms with Crippen LogP contribution in [0.5, 0.6) is 0 Å². The van der Waals surface area contributed by atoms with E-state index in [4.69, 9.17) is 15.9 Å². The molecular weight excluding hydrogens is 476 g/mol. The van der Waals surface area contributed by atoms with Gasteiger partial charge in [0, 0.05) is 42.8 Å². The SMILES string of the molecule is COC(=O)C1CCC(N(Cc2ccccc2)C(=O)C2CCN(c3ccc(C(=N)N)cc3)CC2)CC1.Cl. The van der Waals surface area contributed by atoms with Crippen molar-refractivity contribution in [2.24, 2.45) is 17.6 Å². The van der Waals surface area contributed by atoms with Gasteiger partial charge < -0.3 is 20.3 Å². The van der Waals surface area contributed by atoms with Crippen LogP contribution >= 0.6 is 12.4 Å². The van der Waals surface area contributed by atoms with Gasteiger partial charge in [-0.05, 0) is 68.4 Å². The molecule has 1 saturated heterocycles. The number of nitrogens with zero attached hydrogens (tertiary/aromatic N) is 2. The summed E-state index contributed by atoms with van der Waals surface area (Å²) in [6.07, 6.45) is 4.83. The summed E-state index contributed by atoms with van der Waals surface area (Å²) in [6.45, 7) is 2.26. The van der Waals surface area contributed by atoms with Crippen LogP contribution < -0.4 is 10.6 Å². The van der Waals surface area contributed by atoms with E-state index in [0.717, 1.165) is 68.4 Å². The Morgan fingerprint density at radius 1 is 0.944 bits per heavy atom. The minimum absolute atomic E-state index is 0. The first-order valence-corrected chi connectivity index (χ1v) is 12.6. The lowest BCUT2D eigenvalue weighted by Gasteiger charge is -2.40. The van der Waals surface area contributed by atoms with Crippen LogP contribution in [0.2, 0.25) is 0 Å². The molecule has 1 aliphatic heterocycles. The van der Waals surface area contributed by atoms with Crippen molar-refractivity contribution in [3.8, 4) is 0 Å². The molecule has 194 valence electrons. The van der Waals surface area contributed by atoms with Crippen molar-refractivity contribution in [3.05, 3.63) is 65.7 Å². The van der Waals surface area contributed by atoms with Crippen molar-refractivity contribution in [2.45, 2.75) is 51.1 Å². The van der Waals surface area contributed by atoms with Crippen molar-refractivity contribution < 1.29 is 14.3 Å². The predicted octanol–water partition coefficient (Wildman–Crippen LogP) is 4.37. The Morgan fingerprint density at radius 2 is 1.56 bits per heavy atom. The van der Waals surface area contributed by atoms with Crippen LogP contribution in [-0.2, 0) is 20.9 Å². The van der Waals surface area contributed by atoms with Gasteiger partial charge in [0.25, 0.3) is 0 Å².